The molecule has 1 aliphatic rings. The second kappa shape index (κ2) is 8.31. The van der Waals surface area contributed by atoms with Gasteiger partial charge in [0.15, 0.2) is 0 Å². The van der Waals surface area contributed by atoms with Crippen molar-refractivity contribution in [1.29, 1.82) is 0 Å². The maximum absolute atomic E-state index is 13.1. The van der Waals surface area contributed by atoms with Crippen LogP contribution >= 0.6 is 0 Å². The Hall–Kier alpha value is -3.52. The Morgan fingerprint density at radius 2 is 2.00 bits per heavy atom. The molecule has 0 fully saturated rings. The monoisotopic (exact) mass is 418 g/mol. The molecule has 2 amide bonds. The summed E-state index contributed by atoms with van der Waals surface area (Å²) < 4.78 is 0. The summed E-state index contributed by atoms with van der Waals surface area (Å²) in [5.41, 5.74) is 3.72. The summed E-state index contributed by atoms with van der Waals surface area (Å²) >= 11 is 0. The Bertz CT molecular complexity index is 1090. The molecule has 0 saturated carbocycles. The molecule has 4 rings (SSSR count). The number of nitrogens with zero attached hydrogens (tertiary/aromatic N) is 4. The van der Waals surface area contributed by atoms with Gasteiger partial charge in [0, 0.05) is 29.3 Å². The number of rotatable bonds is 5. The predicted octanol–water partition coefficient (Wildman–Crippen LogP) is 3.42. The van der Waals surface area contributed by atoms with Crippen molar-refractivity contribution in [2.45, 2.75) is 38.9 Å². The Labute approximate surface area is 181 Å². The van der Waals surface area contributed by atoms with Gasteiger partial charge in [-0.15, -0.1) is 0 Å². The number of nitrogens with one attached hydrogen (secondary N) is 2. The molecule has 1 aromatic carbocycles. The number of hydrogen-bond donors (Lipinski definition) is 3. The quantitative estimate of drug-likeness (QED) is 0.587. The molecule has 0 bridgehead atoms. The van der Waals surface area contributed by atoms with Crippen molar-refractivity contribution < 1.29 is 9.90 Å². The van der Waals surface area contributed by atoms with Gasteiger partial charge in [-0.05, 0) is 38.5 Å². The minimum Gasteiger partial charge on any atom is -0.394 e. The van der Waals surface area contributed by atoms with Crippen molar-refractivity contribution in [1.82, 2.24) is 25.2 Å². The van der Waals surface area contributed by atoms with Crippen LogP contribution in [0.4, 0.5) is 16.4 Å². The van der Waals surface area contributed by atoms with Gasteiger partial charge in [0.25, 0.3) is 0 Å². The van der Waals surface area contributed by atoms with Crippen LogP contribution in [-0.4, -0.2) is 37.6 Å². The van der Waals surface area contributed by atoms with E-state index < -0.39 is 11.6 Å². The lowest BCUT2D eigenvalue weighted by molar-refractivity contribution is 0.136. The lowest BCUT2D eigenvalue weighted by Gasteiger charge is -2.33. The van der Waals surface area contributed by atoms with E-state index in [0.29, 0.717) is 12.5 Å². The van der Waals surface area contributed by atoms with Crippen LogP contribution in [0.3, 0.4) is 0 Å². The number of amides is 2. The SMILES string of the molecule is Cc1cc(Nc2ncc3c(n2)CN(C(=O)N[C@H](CO)c2ccccc2)C3(C)C)ccn1. The summed E-state index contributed by atoms with van der Waals surface area (Å²) in [5, 5.41) is 15.9. The number of carbonyl (C=O) groups is 1. The van der Waals surface area contributed by atoms with Gasteiger partial charge in [-0.2, -0.15) is 0 Å². The van der Waals surface area contributed by atoms with Crippen molar-refractivity contribution in [2.75, 3.05) is 11.9 Å². The van der Waals surface area contributed by atoms with E-state index in [2.05, 4.69) is 25.6 Å². The zero-order valence-electron chi connectivity index (χ0n) is 17.8. The summed E-state index contributed by atoms with van der Waals surface area (Å²) in [6.45, 7) is 6.03. The molecule has 0 radical (unpaired) electrons. The number of aryl methyl sites for hydroxylation is 1. The third-order valence-electron chi connectivity index (χ3n) is 5.59. The first kappa shape index (κ1) is 20.7. The fraction of sp³-hybridized carbons (Fsp3) is 0.304. The molecule has 1 atom stereocenters. The zero-order valence-corrected chi connectivity index (χ0v) is 17.8. The van der Waals surface area contributed by atoms with E-state index in [1.807, 2.05) is 63.2 Å². The number of aromatic nitrogens is 3. The van der Waals surface area contributed by atoms with E-state index in [-0.39, 0.29) is 12.6 Å². The summed E-state index contributed by atoms with van der Waals surface area (Å²) in [6.07, 6.45) is 3.50. The summed E-state index contributed by atoms with van der Waals surface area (Å²) in [5.74, 6) is 0.472. The van der Waals surface area contributed by atoms with E-state index in [1.54, 1.807) is 17.3 Å². The molecule has 0 spiro atoms. The van der Waals surface area contributed by atoms with Gasteiger partial charge in [-0.25, -0.2) is 14.8 Å². The average molecular weight is 419 g/mol. The fourth-order valence-electron chi connectivity index (χ4n) is 3.83. The summed E-state index contributed by atoms with van der Waals surface area (Å²) in [4.78, 5) is 28.1. The van der Waals surface area contributed by atoms with Gasteiger partial charge in [-0.3, -0.25) is 4.98 Å². The fourth-order valence-corrected chi connectivity index (χ4v) is 3.83. The Morgan fingerprint density at radius 1 is 1.23 bits per heavy atom. The van der Waals surface area contributed by atoms with Crippen LogP contribution in [0.2, 0.25) is 0 Å². The highest BCUT2D eigenvalue weighted by atomic mass is 16.3. The molecule has 2 aromatic heterocycles. The molecular weight excluding hydrogens is 392 g/mol. The van der Waals surface area contributed by atoms with Gasteiger partial charge < -0.3 is 20.6 Å². The lowest BCUT2D eigenvalue weighted by Crippen LogP contribution is -2.47. The van der Waals surface area contributed by atoms with E-state index in [1.165, 1.54) is 0 Å². The third-order valence-corrected chi connectivity index (χ3v) is 5.59. The third kappa shape index (κ3) is 4.20. The number of pyridine rings is 1. The normalized spacial score (nSPS) is 15.3. The lowest BCUT2D eigenvalue weighted by atomic mass is 9.97. The average Bonchev–Trinajstić information content (AvgIpc) is 3.02. The highest BCUT2D eigenvalue weighted by molar-refractivity contribution is 5.77. The van der Waals surface area contributed by atoms with Crippen LogP contribution < -0.4 is 10.6 Å². The van der Waals surface area contributed by atoms with Crippen LogP contribution in [-0.2, 0) is 12.1 Å². The molecule has 160 valence electrons. The molecule has 1 aliphatic heterocycles. The topological polar surface area (TPSA) is 103 Å². The zero-order chi connectivity index (χ0) is 22.0. The van der Waals surface area contributed by atoms with Gasteiger partial charge in [-0.1, -0.05) is 30.3 Å². The van der Waals surface area contributed by atoms with Crippen LogP contribution in [0.25, 0.3) is 0 Å². The predicted molar refractivity (Wildman–Crippen MR) is 118 cm³/mol. The van der Waals surface area contributed by atoms with E-state index in [4.69, 9.17) is 0 Å². The van der Waals surface area contributed by atoms with Crippen LogP contribution in [0, 0.1) is 6.92 Å². The van der Waals surface area contributed by atoms with Crippen LogP contribution in [0.15, 0.2) is 54.9 Å². The molecular formula is C23H26N6O2. The molecule has 0 unspecified atom stereocenters. The van der Waals surface area contributed by atoms with Gasteiger partial charge in [0.2, 0.25) is 5.95 Å². The summed E-state index contributed by atoms with van der Waals surface area (Å²) in [7, 11) is 0. The molecule has 31 heavy (non-hydrogen) atoms. The highest BCUT2D eigenvalue weighted by Gasteiger charge is 2.42. The number of hydrogen-bond acceptors (Lipinski definition) is 6. The number of benzene rings is 1. The minimum atomic E-state index is -0.581. The first-order chi connectivity index (χ1) is 14.9. The number of fused-ring (bicyclic) bond motifs is 1. The Balaban J connectivity index is 1.52. The van der Waals surface area contributed by atoms with Crippen molar-refractivity contribution in [3.63, 3.8) is 0 Å². The van der Waals surface area contributed by atoms with E-state index >= 15 is 0 Å². The van der Waals surface area contributed by atoms with Crippen LogP contribution in [0.1, 0.15) is 42.4 Å². The molecule has 8 heteroatoms. The molecule has 3 aromatic rings. The number of aliphatic hydroxyl groups is 1. The van der Waals surface area contributed by atoms with Crippen LogP contribution in [0.5, 0.6) is 0 Å². The van der Waals surface area contributed by atoms with Crippen molar-refractivity contribution in [2.24, 2.45) is 0 Å². The number of carbonyl (C=O) groups excluding carboxylic acids is 1. The molecule has 3 N–H and O–H groups in total. The smallest absolute Gasteiger partial charge is 0.319 e. The number of aliphatic hydroxyl groups excluding tert-OH is 1. The van der Waals surface area contributed by atoms with Gasteiger partial charge in [0.1, 0.15) is 0 Å². The second-order valence-electron chi connectivity index (χ2n) is 8.11. The Morgan fingerprint density at radius 3 is 2.71 bits per heavy atom. The molecule has 0 aliphatic carbocycles. The van der Waals surface area contributed by atoms with E-state index in [9.17, 15) is 9.90 Å². The molecule has 3 heterocycles. The first-order valence-electron chi connectivity index (χ1n) is 10.2. The maximum Gasteiger partial charge on any atom is 0.319 e. The van der Waals surface area contributed by atoms with Crippen molar-refractivity contribution in [3.8, 4) is 0 Å². The standard InChI is InChI=1S/C23H26N6O2/c1-15-11-17(9-10-24-15)26-21-25-12-18-19(27-21)13-29(23(18,2)3)22(31)28-20(14-30)16-7-5-4-6-8-16/h4-12,20,30H,13-14H2,1-3H3,(H,28,31)(H,24,25,26,27)/t20-/m1/s1. The largest absolute Gasteiger partial charge is 0.394 e. The maximum atomic E-state index is 13.1. The molecule has 8 nitrogen and oxygen atoms in total. The highest BCUT2D eigenvalue weighted by Crippen LogP contribution is 2.38. The second-order valence-corrected chi connectivity index (χ2v) is 8.11. The first-order valence-corrected chi connectivity index (χ1v) is 10.2. The number of anilines is 2. The van der Waals surface area contributed by atoms with Gasteiger partial charge in [0.05, 0.1) is 30.4 Å². The van der Waals surface area contributed by atoms with E-state index in [0.717, 1.165) is 28.2 Å². The molecule has 0 saturated heterocycles. The van der Waals surface area contributed by atoms with Gasteiger partial charge >= 0.3 is 6.03 Å². The number of urea groups is 1. The van der Waals surface area contributed by atoms with Crippen molar-refractivity contribution >= 4 is 17.7 Å². The summed E-state index contributed by atoms with van der Waals surface area (Å²) in [6, 6.07) is 12.5. The van der Waals surface area contributed by atoms with Crippen molar-refractivity contribution in [3.05, 3.63) is 77.4 Å². The Kier molecular flexibility index (Phi) is 5.56. The minimum absolute atomic E-state index is 0.184.